The van der Waals surface area contributed by atoms with Crippen molar-refractivity contribution in [1.82, 2.24) is 9.80 Å². The number of hydrogen-bond acceptors (Lipinski definition) is 5. The van der Waals surface area contributed by atoms with Gasteiger partial charge in [-0.25, -0.2) is 9.69 Å². The van der Waals surface area contributed by atoms with E-state index < -0.39 is 6.09 Å². The average Bonchev–Trinajstić information content (AvgIpc) is 2.86. The molecule has 2 fully saturated rings. The van der Waals surface area contributed by atoms with Gasteiger partial charge in [0.1, 0.15) is 6.61 Å². The van der Waals surface area contributed by atoms with E-state index in [9.17, 15) is 9.59 Å². The van der Waals surface area contributed by atoms with E-state index in [0.717, 1.165) is 19.4 Å². The van der Waals surface area contributed by atoms with Gasteiger partial charge in [0.25, 0.3) is 0 Å². The van der Waals surface area contributed by atoms with Crippen molar-refractivity contribution in [2.45, 2.75) is 18.9 Å². The number of carbonyl (C=O) groups is 2. The highest BCUT2D eigenvalue weighted by atomic mass is 16.6. The highest BCUT2D eigenvalue weighted by molar-refractivity contribution is 5.94. The van der Waals surface area contributed by atoms with Gasteiger partial charge in [-0.15, -0.1) is 0 Å². The Kier molecular flexibility index (Phi) is 3.40. The van der Waals surface area contributed by atoms with Gasteiger partial charge in [-0.2, -0.15) is 0 Å². The van der Waals surface area contributed by atoms with Crippen LogP contribution in [0.1, 0.15) is 12.8 Å². The molecule has 1 atom stereocenters. The third-order valence-electron chi connectivity index (χ3n) is 3.17. The molecule has 6 heteroatoms. The lowest BCUT2D eigenvalue weighted by atomic mass is 10.2. The van der Waals surface area contributed by atoms with Gasteiger partial charge in [0.05, 0.1) is 13.1 Å². The number of carbonyl (C=O) groups excluding carboxylic acids is 2. The molecule has 0 aromatic rings. The summed E-state index contributed by atoms with van der Waals surface area (Å²) >= 11 is 0. The molecule has 2 aliphatic rings. The van der Waals surface area contributed by atoms with E-state index in [-0.39, 0.29) is 18.5 Å². The molecule has 2 amide bonds. The van der Waals surface area contributed by atoms with Crippen LogP contribution in [0.3, 0.4) is 0 Å². The Labute approximate surface area is 94.3 Å². The Morgan fingerprint density at radius 3 is 2.94 bits per heavy atom. The van der Waals surface area contributed by atoms with Gasteiger partial charge in [-0.1, -0.05) is 0 Å². The normalized spacial score (nSPS) is 26.2. The lowest BCUT2D eigenvalue weighted by Gasteiger charge is -2.23. The first-order valence-corrected chi connectivity index (χ1v) is 5.63. The van der Waals surface area contributed by atoms with Crippen LogP contribution < -0.4 is 5.73 Å². The summed E-state index contributed by atoms with van der Waals surface area (Å²) in [6, 6.07) is 0.280. The second kappa shape index (κ2) is 4.80. The summed E-state index contributed by atoms with van der Waals surface area (Å²) in [6.45, 7) is 2.41. The minimum atomic E-state index is -0.520. The third kappa shape index (κ3) is 2.17. The molecule has 0 spiro atoms. The molecule has 6 nitrogen and oxygen atoms in total. The fourth-order valence-corrected chi connectivity index (χ4v) is 2.25. The monoisotopic (exact) mass is 227 g/mol. The van der Waals surface area contributed by atoms with Gasteiger partial charge < -0.3 is 10.5 Å². The zero-order chi connectivity index (χ0) is 11.5. The molecular formula is C10H17N3O3. The predicted molar refractivity (Wildman–Crippen MR) is 56.7 cm³/mol. The van der Waals surface area contributed by atoms with E-state index in [2.05, 4.69) is 0 Å². The standard InChI is InChI=1S/C10H17N3O3/c11-6-8-2-1-3-12(8)7-9(14)13-4-5-16-10(13)15/h8H,1-7,11H2. The molecule has 2 saturated heterocycles. The van der Waals surface area contributed by atoms with Crippen molar-refractivity contribution < 1.29 is 14.3 Å². The molecule has 0 aromatic carbocycles. The Morgan fingerprint density at radius 2 is 2.31 bits per heavy atom. The van der Waals surface area contributed by atoms with Crippen molar-refractivity contribution in [2.24, 2.45) is 5.73 Å². The number of nitrogens with two attached hydrogens (primary N) is 1. The van der Waals surface area contributed by atoms with Gasteiger partial charge >= 0.3 is 6.09 Å². The van der Waals surface area contributed by atoms with Gasteiger partial charge in [-0.3, -0.25) is 9.69 Å². The van der Waals surface area contributed by atoms with E-state index in [1.807, 2.05) is 4.90 Å². The Bertz CT molecular complexity index is 295. The molecule has 90 valence electrons. The van der Waals surface area contributed by atoms with Crippen LogP contribution in [-0.4, -0.2) is 60.6 Å². The van der Waals surface area contributed by atoms with Crippen molar-refractivity contribution in [3.8, 4) is 0 Å². The highest BCUT2D eigenvalue weighted by Gasteiger charge is 2.32. The van der Waals surface area contributed by atoms with Crippen LogP contribution in [0.4, 0.5) is 4.79 Å². The first-order chi connectivity index (χ1) is 7.72. The molecule has 2 heterocycles. The summed E-state index contributed by atoms with van der Waals surface area (Å²) < 4.78 is 4.73. The van der Waals surface area contributed by atoms with E-state index in [4.69, 9.17) is 10.5 Å². The molecule has 0 saturated carbocycles. The molecule has 16 heavy (non-hydrogen) atoms. The largest absolute Gasteiger partial charge is 0.447 e. The minimum absolute atomic E-state index is 0.178. The number of ether oxygens (including phenoxy) is 1. The molecule has 2 rings (SSSR count). The summed E-state index contributed by atoms with van der Waals surface area (Å²) in [5.74, 6) is -0.178. The van der Waals surface area contributed by atoms with Gasteiger partial charge in [0, 0.05) is 12.6 Å². The molecule has 0 aliphatic carbocycles. The van der Waals surface area contributed by atoms with Crippen LogP contribution in [0.25, 0.3) is 0 Å². The lowest BCUT2D eigenvalue weighted by Crippen LogP contribution is -2.44. The number of hydrogen-bond donors (Lipinski definition) is 1. The Morgan fingerprint density at radius 1 is 1.50 bits per heavy atom. The quantitative estimate of drug-likeness (QED) is 0.696. The molecule has 2 N–H and O–H groups in total. The maximum Gasteiger partial charge on any atom is 0.416 e. The first kappa shape index (κ1) is 11.3. The SMILES string of the molecule is NCC1CCCN1CC(=O)N1CCOC1=O. The third-order valence-corrected chi connectivity index (χ3v) is 3.17. The van der Waals surface area contributed by atoms with Crippen LogP contribution in [0.2, 0.25) is 0 Å². The maximum atomic E-state index is 11.8. The molecule has 1 unspecified atom stereocenters. The van der Waals surface area contributed by atoms with Crippen LogP contribution in [0.15, 0.2) is 0 Å². The highest BCUT2D eigenvalue weighted by Crippen LogP contribution is 2.16. The van der Waals surface area contributed by atoms with Crippen molar-refractivity contribution >= 4 is 12.0 Å². The number of imide groups is 1. The first-order valence-electron chi connectivity index (χ1n) is 5.63. The van der Waals surface area contributed by atoms with E-state index in [0.29, 0.717) is 19.7 Å². The van der Waals surface area contributed by atoms with Crippen molar-refractivity contribution in [3.05, 3.63) is 0 Å². The second-order valence-electron chi connectivity index (χ2n) is 4.16. The average molecular weight is 227 g/mol. The van der Waals surface area contributed by atoms with Crippen molar-refractivity contribution in [2.75, 3.05) is 32.8 Å². The fraction of sp³-hybridized carbons (Fsp3) is 0.800. The van der Waals surface area contributed by atoms with E-state index in [1.54, 1.807) is 0 Å². The van der Waals surface area contributed by atoms with Gasteiger partial charge in [0.15, 0.2) is 0 Å². The molecule has 0 bridgehead atoms. The van der Waals surface area contributed by atoms with Gasteiger partial charge in [-0.05, 0) is 19.4 Å². The van der Waals surface area contributed by atoms with Gasteiger partial charge in [0.2, 0.25) is 5.91 Å². The Balaban J connectivity index is 1.89. The van der Waals surface area contributed by atoms with E-state index in [1.165, 1.54) is 4.90 Å². The van der Waals surface area contributed by atoms with Crippen molar-refractivity contribution in [1.29, 1.82) is 0 Å². The zero-order valence-corrected chi connectivity index (χ0v) is 9.22. The number of likely N-dealkylation sites (tertiary alicyclic amines) is 1. The zero-order valence-electron chi connectivity index (χ0n) is 9.22. The second-order valence-corrected chi connectivity index (χ2v) is 4.16. The number of amides is 2. The topological polar surface area (TPSA) is 75.9 Å². The lowest BCUT2D eigenvalue weighted by molar-refractivity contribution is -0.129. The number of nitrogens with zero attached hydrogens (tertiary/aromatic N) is 2. The molecule has 0 aromatic heterocycles. The summed E-state index contributed by atoms with van der Waals surface area (Å²) in [5.41, 5.74) is 5.62. The van der Waals surface area contributed by atoms with Crippen LogP contribution in [0.5, 0.6) is 0 Å². The van der Waals surface area contributed by atoms with E-state index >= 15 is 0 Å². The van der Waals surface area contributed by atoms with Crippen LogP contribution in [-0.2, 0) is 9.53 Å². The maximum absolute atomic E-state index is 11.8. The predicted octanol–water partition coefficient (Wildman–Crippen LogP) is -0.612. The van der Waals surface area contributed by atoms with Crippen LogP contribution >= 0.6 is 0 Å². The minimum Gasteiger partial charge on any atom is -0.447 e. The fourth-order valence-electron chi connectivity index (χ4n) is 2.25. The number of rotatable bonds is 3. The smallest absolute Gasteiger partial charge is 0.416 e. The molecular weight excluding hydrogens is 210 g/mol. The molecule has 0 radical (unpaired) electrons. The molecule has 2 aliphatic heterocycles. The summed E-state index contributed by atoms with van der Waals surface area (Å²) in [6.07, 6.45) is 1.59. The summed E-state index contributed by atoms with van der Waals surface area (Å²) in [4.78, 5) is 26.2. The van der Waals surface area contributed by atoms with Crippen LogP contribution in [0, 0.1) is 0 Å². The van der Waals surface area contributed by atoms with Crippen molar-refractivity contribution in [3.63, 3.8) is 0 Å². The summed E-state index contributed by atoms with van der Waals surface area (Å²) in [5, 5.41) is 0. The summed E-state index contributed by atoms with van der Waals surface area (Å²) in [7, 11) is 0. The number of cyclic esters (lactones) is 1. The Hall–Kier alpha value is -1.14.